The van der Waals surface area contributed by atoms with Crippen LogP contribution in [0.4, 0.5) is 10.1 Å². The van der Waals surface area contributed by atoms with E-state index in [1.54, 1.807) is 16.7 Å². The van der Waals surface area contributed by atoms with Gasteiger partial charge < -0.3 is 9.64 Å². The third-order valence-electron chi connectivity index (χ3n) is 4.42. The summed E-state index contributed by atoms with van der Waals surface area (Å²) in [6.45, 7) is 0.283. The zero-order valence-electron chi connectivity index (χ0n) is 14.2. The van der Waals surface area contributed by atoms with E-state index in [9.17, 15) is 9.18 Å². The Morgan fingerprint density at radius 1 is 1.32 bits per heavy atom. The van der Waals surface area contributed by atoms with Gasteiger partial charge in [-0.3, -0.25) is 4.79 Å². The van der Waals surface area contributed by atoms with Crippen LogP contribution in [0.15, 0.2) is 17.0 Å². The molecule has 3 nitrogen and oxygen atoms in total. The molecule has 1 unspecified atom stereocenters. The van der Waals surface area contributed by atoms with Crippen LogP contribution in [0, 0.1) is 24.8 Å². The second-order valence-electron chi connectivity index (χ2n) is 6.08. The van der Waals surface area contributed by atoms with Crippen molar-refractivity contribution in [3.63, 3.8) is 0 Å². The summed E-state index contributed by atoms with van der Waals surface area (Å²) >= 11 is 1.57. The molecule has 0 aliphatic carbocycles. The molecule has 2 aliphatic rings. The maximum atomic E-state index is 14.5. The van der Waals surface area contributed by atoms with E-state index in [0.717, 1.165) is 41.9 Å². The largest absolute Gasteiger partial charge is 0.546 e. The van der Waals surface area contributed by atoms with Crippen molar-refractivity contribution in [2.75, 3.05) is 17.3 Å². The Morgan fingerprint density at radius 3 is 2.96 bits per heavy atom. The van der Waals surface area contributed by atoms with Gasteiger partial charge in [0, 0.05) is 62.2 Å². The van der Waals surface area contributed by atoms with Crippen molar-refractivity contribution in [2.24, 2.45) is 0 Å². The maximum Gasteiger partial charge on any atom is 0.227 e. The topological polar surface area (TPSA) is 29.5 Å². The molecule has 0 aromatic heterocycles. The number of carbonyl (C=O) groups is 1. The number of piperidine rings is 1. The molecular formula is C19H21FNO2SY-. The Balaban J connectivity index is 0.00000225. The van der Waals surface area contributed by atoms with Crippen molar-refractivity contribution in [1.82, 2.24) is 0 Å². The van der Waals surface area contributed by atoms with Crippen molar-refractivity contribution in [3.8, 4) is 11.8 Å². The van der Waals surface area contributed by atoms with E-state index in [-0.39, 0.29) is 57.1 Å². The molecule has 1 fully saturated rings. The van der Waals surface area contributed by atoms with Crippen LogP contribution in [0.5, 0.6) is 0 Å². The van der Waals surface area contributed by atoms with Gasteiger partial charge >= 0.3 is 0 Å². The number of thioether (sulfide) groups is 1. The van der Waals surface area contributed by atoms with E-state index in [0.29, 0.717) is 18.5 Å². The molecular weight excluding hydrogens is 414 g/mol. The SMILES string of the molecule is [CH2-]OCC#CCC1CCCC(=O)N1c1cc(F)c2c(c1)CCCS2.[Y]. The smallest absolute Gasteiger partial charge is 0.227 e. The van der Waals surface area contributed by atoms with Crippen LogP contribution in [-0.2, 0) is 48.7 Å². The molecule has 25 heavy (non-hydrogen) atoms. The fraction of sp³-hybridized carbons (Fsp3) is 0.474. The summed E-state index contributed by atoms with van der Waals surface area (Å²) in [5.74, 6) is 6.74. The van der Waals surface area contributed by atoms with E-state index < -0.39 is 0 Å². The van der Waals surface area contributed by atoms with E-state index >= 15 is 0 Å². The summed E-state index contributed by atoms with van der Waals surface area (Å²) in [6.07, 6.45) is 4.76. The number of ether oxygens (including phenoxy) is 1. The number of hydrogen-bond acceptors (Lipinski definition) is 3. The van der Waals surface area contributed by atoms with Gasteiger partial charge in [-0.2, -0.15) is 0 Å². The molecule has 131 valence electrons. The molecule has 1 radical (unpaired) electrons. The Hall–Kier alpha value is -0.406. The normalized spacial score (nSPS) is 19.5. The van der Waals surface area contributed by atoms with Gasteiger partial charge in [0.05, 0.1) is 6.61 Å². The summed E-state index contributed by atoms with van der Waals surface area (Å²) in [4.78, 5) is 15.0. The Bertz CT molecular complexity index is 686. The Kier molecular flexibility index (Phi) is 8.41. The molecule has 0 N–H and O–H groups in total. The molecule has 0 saturated carbocycles. The van der Waals surface area contributed by atoms with Crippen molar-refractivity contribution >= 4 is 23.4 Å². The zero-order chi connectivity index (χ0) is 16.9. The molecule has 6 heteroatoms. The standard InChI is InChI=1S/C19H21FNO2S.Y/c1-23-10-3-2-7-15-8-4-9-18(22)21(15)16-12-14-6-5-11-24-19(14)17(20)13-16;/h12-13,15H,1,4-11H2;/q-1;. The predicted molar refractivity (Wildman–Crippen MR) is 94.3 cm³/mol. The van der Waals surface area contributed by atoms with Crippen molar-refractivity contribution < 1.29 is 46.6 Å². The number of halogens is 1. The molecule has 2 aliphatic heterocycles. The molecule has 1 amide bonds. The third kappa shape index (κ3) is 5.07. The van der Waals surface area contributed by atoms with Crippen molar-refractivity contribution in [2.45, 2.75) is 49.5 Å². The van der Waals surface area contributed by atoms with Crippen LogP contribution in [0.3, 0.4) is 0 Å². The van der Waals surface area contributed by atoms with Gasteiger partial charge in [-0.25, -0.2) is 11.5 Å². The van der Waals surface area contributed by atoms with E-state index in [1.165, 1.54) is 6.07 Å². The molecule has 1 atom stereocenters. The Morgan fingerprint density at radius 2 is 2.16 bits per heavy atom. The number of hydrogen-bond donors (Lipinski definition) is 0. The molecule has 1 aromatic rings. The summed E-state index contributed by atoms with van der Waals surface area (Å²) in [6, 6.07) is 3.50. The Labute approximate surface area is 178 Å². The van der Waals surface area contributed by atoms with Gasteiger partial charge in [0.15, 0.2) is 0 Å². The van der Waals surface area contributed by atoms with Gasteiger partial charge in [-0.05, 0) is 49.1 Å². The average Bonchev–Trinajstić information content (AvgIpc) is 2.59. The van der Waals surface area contributed by atoms with Crippen LogP contribution in [0.1, 0.15) is 37.7 Å². The third-order valence-corrected chi connectivity index (χ3v) is 5.66. The number of fused-ring (bicyclic) bond motifs is 1. The molecule has 2 heterocycles. The minimum atomic E-state index is -0.208. The quantitative estimate of drug-likeness (QED) is 0.532. The van der Waals surface area contributed by atoms with Crippen LogP contribution < -0.4 is 4.90 Å². The fourth-order valence-corrected chi connectivity index (χ4v) is 4.38. The second kappa shape index (κ2) is 10.1. The summed E-state index contributed by atoms with van der Waals surface area (Å²) in [5.41, 5.74) is 1.70. The molecule has 0 bridgehead atoms. The number of aryl methyl sites for hydroxylation is 1. The minimum absolute atomic E-state index is 0. The van der Waals surface area contributed by atoms with Crippen LogP contribution >= 0.6 is 11.8 Å². The van der Waals surface area contributed by atoms with E-state index in [4.69, 9.17) is 0 Å². The number of anilines is 1. The van der Waals surface area contributed by atoms with Crippen LogP contribution in [-0.4, -0.2) is 24.3 Å². The molecule has 1 aromatic carbocycles. The minimum Gasteiger partial charge on any atom is -0.546 e. The molecule has 3 rings (SSSR count). The van der Waals surface area contributed by atoms with Gasteiger partial charge in [0.2, 0.25) is 5.91 Å². The van der Waals surface area contributed by atoms with Crippen molar-refractivity contribution in [1.29, 1.82) is 0 Å². The van der Waals surface area contributed by atoms with E-state index in [1.807, 2.05) is 6.07 Å². The van der Waals surface area contributed by atoms with E-state index in [2.05, 4.69) is 23.7 Å². The first-order valence-corrected chi connectivity index (χ1v) is 9.29. The number of carbonyl (C=O) groups excluding carboxylic acids is 1. The molecule has 0 spiro atoms. The summed E-state index contributed by atoms with van der Waals surface area (Å²) in [5, 5.41) is 0. The first kappa shape index (κ1) is 20.9. The van der Waals surface area contributed by atoms with Gasteiger partial charge in [-0.1, -0.05) is 11.8 Å². The van der Waals surface area contributed by atoms with Crippen LogP contribution in [0.25, 0.3) is 0 Å². The first-order valence-electron chi connectivity index (χ1n) is 8.30. The zero-order valence-corrected chi connectivity index (χ0v) is 17.9. The first-order chi connectivity index (χ1) is 11.7. The van der Waals surface area contributed by atoms with Gasteiger partial charge in [0.25, 0.3) is 0 Å². The summed E-state index contributed by atoms with van der Waals surface area (Å²) < 4.78 is 19.2. The number of amides is 1. The number of benzene rings is 1. The van der Waals surface area contributed by atoms with Gasteiger partial charge in [0.1, 0.15) is 5.82 Å². The second-order valence-corrected chi connectivity index (χ2v) is 7.19. The number of rotatable bonds is 3. The fourth-order valence-electron chi connectivity index (χ4n) is 3.34. The average molecular weight is 435 g/mol. The van der Waals surface area contributed by atoms with Crippen molar-refractivity contribution in [3.05, 3.63) is 30.6 Å². The monoisotopic (exact) mass is 435 g/mol. The molecule has 1 saturated heterocycles. The van der Waals surface area contributed by atoms with Gasteiger partial charge in [-0.15, -0.1) is 11.8 Å². The maximum absolute atomic E-state index is 14.5. The number of nitrogens with zero attached hydrogens (tertiary/aromatic N) is 1. The summed E-state index contributed by atoms with van der Waals surface area (Å²) in [7, 11) is 3.28. The van der Waals surface area contributed by atoms with Crippen LogP contribution in [0.2, 0.25) is 0 Å². The predicted octanol–water partition coefficient (Wildman–Crippen LogP) is 3.95.